The number of hydrogen-bond acceptors (Lipinski definition) is 4. The third-order valence-corrected chi connectivity index (χ3v) is 3.84. The van der Waals surface area contributed by atoms with Crippen molar-refractivity contribution in [3.05, 3.63) is 46.4 Å². The SMILES string of the molecule is Clc1nc2ccccn2c2nc(-c3ccsc3)nc1-2. The molecule has 4 nitrogen and oxygen atoms in total. The number of fused-ring (bicyclic) bond motifs is 3. The summed E-state index contributed by atoms with van der Waals surface area (Å²) < 4.78 is 1.89. The number of pyridine rings is 1. The van der Waals surface area contributed by atoms with Gasteiger partial charge < -0.3 is 0 Å². The first kappa shape index (κ1) is 10.9. The van der Waals surface area contributed by atoms with Crippen LogP contribution in [0.3, 0.4) is 0 Å². The van der Waals surface area contributed by atoms with Gasteiger partial charge >= 0.3 is 0 Å². The van der Waals surface area contributed by atoms with Gasteiger partial charge in [0.15, 0.2) is 16.8 Å². The smallest absolute Gasteiger partial charge is 0.170 e. The molecular weight excluding hydrogens is 280 g/mol. The Bertz CT molecular complexity index is 837. The van der Waals surface area contributed by atoms with Gasteiger partial charge in [-0.2, -0.15) is 11.3 Å². The number of halogens is 1. The van der Waals surface area contributed by atoms with Crippen LogP contribution in [0.2, 0.25) is 5.15 Å². The molecule has 0 atom stereocenters. The van der Waals surface area contributed by atoms with Crippen LogP contribution in [0, 0.1) is 0 Å². The van der Waals surface area contributed by atoms with Crippen molar-refractivity contribution in [1.29, 1.82) is 0 Å². The van der Waals surface area contributed by atoms with Crippen LogP contribution in [0.15, 0.2) is 41.2 Å². The third kappa shape index (κ3) is 1.63. The molecule has 6 heteroatoms. The van der Waals surface area contributed by atoms with Crippen molar-refractivity contribution in [2.24, 2.45) is 0 Å². The van der Waals surface area contributed by atoms with Gasteiger partial charge in [0.25, 0.3) is 0 Å². The molecule has 4 rings (SSSR count). The van der Waals surface area contributed by atoms with E-state index in [2.05, 4.69) is 15.0 Å². The molecule has 92 valence electrons. The van der Waals surface area contributed by atoms with E-state index in [0.29, 0.717) is 16.7 Å². The Morgan fingerprint density at radius 3 is 2.89 bits per heavy atom. The monoisotopic (exact) mass is 286 g/mol. The molecule has 0 radical (unpaired) electrons. The van der Waals surface area contributed by atoms with E-state index in [9.17, 15) is 0 Å². The van der Waals surface area contributed by atoms with Crippen LogP contribution in [0.5, 0.6) is 0 Å². The van der Waals surface area contributed by atoms with Crippen LogP contribution in [0.4, 0.5) is 0 Å². The van der Waals surface area contributed by atoms with Gasteiger partial charge in [-0.1, -0.05) is 17.7 Å². The van der Waals surface area contributed by atoms with E-state index in [1.54, 1.807) is 11.3 Å². The Kier molecular flexibility index (Phi) is 2.30. The zero-order chi connectivity index (χ0) is 12.8. The average Bonchev–Trinajstić information content (AvgIpc) is 3.08. The fraction of sp³-hybridized carbons (Fsp3) is 0. The number of thiophene rings is 1. The molecule has 0 saturated carbocycles. The summed E-state index contributed by atoms with van der Waals surface area (Å²) in [5.74, 6) is 1.42. The normalized spacial score (nSPS) is 11.4. The minimum atomic E-state index is 0.384. The molecule has 0 fully saturated rings. The standard InChI is InChI=1S/C13H7ClN4S/c14-11-10-13(18-5-2-1-3-9(18)15-11)17-12(16-10)8-4-6-19-7-8/h1-7H. The Morgan fingerprint density at radius 2 is 2.05 bits per heavy atom. The van der Waals surface area contributed by atoms with Crippen LogP contribution >= 0.6 is 22.9 Å². The summed E-state index contributed by atoms with van der Waals surface area (Å²) in [6.45, 7) is 0. The topological polar surface area (TPSA) is 43.1 Å². The van der Waals surface area contributed by atoms with Crippen LogP contribution in [-0.2, 0) is 0 Å². The Labute approximate surface area is 117 Å². The largest absolute Gasteiger partial charge is 0.284 e. The molecule has 0 bridgehead atoms. The van der Waals surface area contributed by atoms with E-state index in [1.165, 1.54) is 0 Å². The maximum atomic E-state index is 6.19. The number of nitrogens with zero attached hydrogens (tertiary/aromatic N) is 4. The highest BCUT2D eigenvalue weighted by Crippen LogP contribution is 2.30. The summed E-state index contributed by atoms with van der Waals surface area (Å²) in [5, 5.41) is 4.40. The van der Waals surface area contributed by atoms with Gasteiger partial charge in [0.1, 0.15) is 11.3 Å². The summed E-state index contributed by atoms with van der Waals surface area (Å²) in [5.41, 5.74) is 2.39. The highest BCUT2D eigenvalue weighted by molar-refractivity contribution is 7.08. The Morgan fingerprint density at radius 1 is 1.11 bits per heavy atom. The number of imidazole rings is 1. The lowest BCUT2D eigenvalue weighted by atomic mass is 10.3. The summed E-state index contributed by atoms with van der Waals surface area (Å²) in [6, 6.07) is 7.74. The summed E-state index contributed by atoms with van der Waals surface area (Å²) in [6.07, 6.45) is 1.91. The van der Waals surface area contributed by atoms with Crippen molar-refractivity contribution in [1.82, 2.24) is 19.4 Å². The van der Waals surface area contributed by atoms with Gasteiger partial charge in [0, 0.05) is 17.1 Å². The maximum Gasteiger partial charge on any atom is 0.170 e. The molecular formula is C13H7ClN4S. The van der Waals surface area contributed by atoms with Crippen molar-refractivity contribution < 1.29 is 0 Å². The maximum absolute atomic E-state index is 6.19. The number of aromatic nitrogens is 4. The molecule has 0 unspecified atom stereocenters. The van der Waals surface area contributed by atoms with Crippen molar-refractivity contribution in [2.45, 2.75) is 0 Å². The lowest BCUT2D eigenvalue weighted by Crippen LogP contribution is -1.98. The highest BCUT2D eigenvalue weighted by Gasteiger charge is 2.19. The van der Waals surface area contributed by atoms with Crippen LogP contribution in [-0.4, -0.2) is 19.4 Å². The molecule has 19 heavy (non-hydrogen) atoms. The minimum absolute atomic E-state index is 0.384. The minimum Gasteiger partial charge on any atom is -0.284 e. The van der Waals surface area contributed by atoms with Crippen molar-refractivity contribution >= 4 is 28.6 Å². The van der Waals surface area contributed by atoms with Gasteiger partial charge in [-0.25, -0.2) is 15.0 Å². The fourth-order valence-corrected chi connectivity index (χ4v) is 2.87. The molecule has 0 aliphatic carbocycles. The van der Waals surface area contributed by atoms with Crippen LogP contribution in [0.25, 0.3) is 28.6 Å². The number of rotatable bonds is 1. The molecule has 0 amide bonds. The van der Waals surface area contributed by atoms with Gasteiger partial charge in [0.2, 0.25) is 0 Å². The van der Waals surface area contributed by atoms with Gasteiger partial charge in [-0.15, -0.1) is 0 Å². The molecule has 2 aliphatic rings. The third-order valence-electron chi connectivity index (χ3n) is 2.90. The fourth-order valence-electron chi connectivity index (χ4n) is 2.02. The zero-order valence-electron chi connectivity index (χ0n) is 9.62. The first-order valence-corrected chi connectivity index (χ1v) is 6.98. The van der Waals surface area contributed by atoms with Crippen LogP contribution < -0.4 is 0 Å². The summed E-state index contributed by atoms with van der Waals surface area (Å²) in [7, 11) is 0. The van der Waals surface area contributed by atoms with E-state index >= 15 is 0 Å². The van der Waals surface area contributed by atoms with E-state index in [1.807, 2.05) is 45.6 Å². The van der Waals surface area contributed by atoms with Crippen molar-refractivity contribution in [2.75, 3.05) is 0 Å². The van der Waals surface area contributed by atoms with E-state index < -0.39 is 0 Å². The van der Waals surface area contributed by atoms with Gasteiger partial charge in [-0.3, -0.25) is 4.40 Å². The molecule has 0 N–H and O–H groups in total. The Hall–Kier alpha value is -1.98. The quantitative estimate of drug-likeness (QED) is 0.502. The van der Waals surface area contributed by atoms with Gasteiger partial charge in [0.05, 0.1) is 0 Å². The summed E-state index contributed by atoms with van der Waals surface area (Å²) in [4.78, 5) is 13.4. The Balaban J connectivity index is 2.09. The van der Waals surface area contributed by atoms with Crippen LogP contribution in [0.1, 0.15) is 0 Å². The van der Waals surface area contributed by atoms with E-state index in [4.69, 9.17) is 11.6 Å². The molecule has 2 aliphatic heterocycles. The van der Waals surface area contributed by atoms with E-state index in [-0.39, 0.29) is 0 Å². The first-order chi connectivity index (χ1) is 9.33. The number of hydrogen-bond donors (Lipinski definition) is 0. The second-order valence-electron chi connectivity index (χ2n) is 4.06. The molecule has 2 aromatic heterocycles. The van der Waals surface area contributed by atoms with Gasteiger partial charge in [-0.05, 0) is 23.6 Å². The lowest BCUT2D eigenvalue weighted by Gasteiger charge is -2.05. The zero-order valence-corrected chi connectivity index (χ0v) is 11.2. The van der Waals surface area contributed by atoms with Crippen molar-refractivity contribution in [3.63, 3.8) is 0 Å². The highest BCUT2D eigenvalue weighted by atomic mass is 35.5. The van der Waals surface area contributed by atoms with E-state index in [0.717, 1.165) is 17.0 Å². The molecule has 4 heterocycles. The molecule has 0 spiro atoms. The predicted octanol–water partition coefficient (Wildman–Crippen LogP) is 3.61. The van der Waals surface area contributed by atoms with Crippen molar-refractivity contribution in [3.8, 4) is 22.9 Å². The second kappa shape index (κ2) is 4.01. The second-order valence-corrected chi connectivity index (χ2v) is 5.20. The first-order valence-electron chi connectivity index (χ1n) is 5.66. The average molecular weight is 287 g/mol. The predicted molar refractivity (Wildman–Crippen MR) is 75.7 cm³/mol. The summed E-state index contributed by atoms with van der Waals surface area (Å²) >= 11 is 7.80. The molecule has 0 aromatic carbocycles. The molecule has 2 aromatic rings. The lowest BCUT2D eigenvalue weighted by molar-refractivity contribution is 1.07. The molecule has 0 saturated heterocycles.